The molecule has 410 valence electrons. The first-order valence-electron chi connectivity index (χ1n) is 30.4. The minimum absolute atomic E-state index is 0.0691. The molecule has 0 rings (SSSR count). The SMILES string of the molecule is CC/C=C\C/C=C\C/C=C\C/C=C\C/C=C\C/C=C\CCCCCCCCCCCCCCCCCCC(=O)OCC(COC(=O)CCCCCCCCCCC)OC(=O)CCCCCCCCCCC. The van der Waals surface area contributed by atoms with E-state index in [4.69, 9.17) is 14.2 Å². The fraction of sp³-hybridized carbons (Fsp3) is 0.769. The third kappa shape index (κ3) is 57.6. The van der Waals surface area contributed by atoms with Crippen molar-refractivity contribution in [2.75, 3.05) is 13.2 Å². The van der Waals surface area contributed by atoms with Gasteiger partial charge in [0, 0.05) is 19.3 Å². The van der Waals surface area contributed by atoms with Crippen molar-refractivity contribution in [3.05, 3.63) is 72.9 Å². The third-order valence-electron chi connectivity index (χ3n) is 13.2. The number of hydrogen-bond acceptors (Lipinski definition) is 6. The maximum Gasteiger partial charge on any atom is 0.306 e. The topological polar surface area (TPSA) is 78.9 Å². The summed E-state index contributed by atoms with van der Waals surface area (Å²) < 4.78 is 16.8. The second-order valence-electron chi connectivity index (χ2n) is 20.2. The zero-order chi connectivity index (χ0) is 51.4. The van der Waals surface area contributed by atoms with Crippen molar-refractivity contribution in [1.82, 2.24) is 0 Å². The van der Waals surface area contributed by atoms with Gasteiger partial charge in [0.1, 0.15) is 13.2 Å². The van der Waals surface area contributed by atoms with Crippen LogP contribution >= 0.6 is 0 Å². The van der Waals surface area contributed by atoms with E-state index >= 15 is 0 Å². The number of hydrogen-bond donors (Lipinski definition) is 0. The Balaban J connectivity index is 3.94. The third-order valence-corrected chi connectivity index (χ3v) is 13.2. The van der Waals surface area contributed by atoms with Gasteiger partial charge in [-0.3, -0.25) is 14.4 Å². The van der Waals surface area contributed by atoms with Crippen LogP contribution in [0, 0.1) is 0 Å². The molecule has 0 amide bonds. The van der Waals surface area contributed by atoms with Crippen molar-refractivity contribution in [2.24, 2.45) is 0 Å². The van der Waals surface area contributed by atoms with E-state index in [1.807, 2.05) is 0 Å². The Bertz CT molecular complexity index is 1320. The fourth-order valence-corrected chi connectivity index (χ4v) is 8.68. The Morgan fingerprint density at radius 2 is 0.549 bits per heavy atom. The monoisotopic (exact) mass is 991 g/mol. The van der Waals surface area contributed by atoms with Gasteiger partial charge in [-0.1, -0.05) is 286 Å². The maximum atomic E-state index is 12.7. The van der Waals surface area contributed by atoms with E-state index in [2.05, 4.69) is 93.7 Å². The van der Waals surface area contributed by atoms with Gasteiger partial charge >= 0.3 is 17.9 Å². The molecule has 0 N–H and O–H groups in total. The predicted molar refractivity (Wildman–Crippen MR) is 307 cm³/mol. The summed E-state index contributed by atoms with van der Waals surface area (Å²) in [5.74, 6) is -0.864. The van der Waals surface area contributed by atoms with Gasteiger partial charge in [-0.25, -0.2) is 0 Å². The van der Waals surface area contributed by atoms with Crippen LogP contribution in [0.2, 0.25) is 0 Å². The van der Waals surface area contributed by atoms with Gasteiger partial charge < -0.3 is 14.2 Å². The molecular weight excluding hydrogens is 877 g/mol. The first-order chi connectivity index (χ1) is 35.0. The minimum Gasteiger partial charge on any atom is -0.462 e. The average molecular weight is 992 g/mol. The van der Waals surface area contributed by atoms with Crippen molar-refractivity contribution < 1.29 is 28.6 Å². The Kier molecular flexibility index (Phi) is 56.8. The van der Waals surface area contributed by atoms with Crippen molar-refractivity contribution >= 4 is 17.9 Å². The Labute approximate surface area is 440 Å². The number of carbonyl (C=O) groups excluding carboxylic acids is 3. The molecule has 1 atom stereocenters. The normalized spacial score (nSPS) is 12.5. The molecule has 6 heteroatoms. The van der Waals surface area contributed by atoms with Crippen molar-refractivity contribution in [3.63, 3.8) is 0 Å². The van der Waals surface area contributed by atoms with Gasteiger partial charge in [0.25, 0.3) is 0 Å². The number of allylic oxidation sites excluding steroid dienone is 12. The van der Waals surface area contributed by atoms with Crippen molar-refractivity contribution in [3.8, 4) is 0 Å². The lowest BCUT2D eigenvalue weighted by molar-refractivity contribution is -0.167. The first kappa shape index (κ1) is 67.8. The summed E-state index contributed by atoms with van der Waals surface area (Å²) in [6, 6.07) is 0. The second-order valence-corrected chi connectivity index (χ2v) is 20.2. The van der Waals surface area contributed by atoms with Gasteiger partial charge in [-0.2, -0.15) is 0 Å². The average Bonchev–Trinajstić information content (AvgIpc) is 3.37. The highest BCUT2D eigenvalue weighted by Gasteiger charge is 2.19. The van der Waals surface area contributed by atoms with Gasteiger partial charge in [-0.15, -0.1) is 0 Å². The largest absolute Gasteiger partial charge is 0.462 e. The molecule has 71 heavy (non-hydrogen) atoms. The number of carbonyl (C=O) groups is 3. The first-order valence-corrected chi connectivity index (χ1v) is 30.4. The molecule has 0 bridgehead atoms. The number of rotatable bonds is 55. The summed E-state index contributed by atoms with van der Waals surface area (Å²) in [4.78, 5) is 37.9. The second kappa shape index (κ2) is 59.4. The molecule has 6 nitrogen and oxygen atoms in total. The van der Waals surface area contributed by atoms with Crippen LogP contribution in [-0.2, 0) is 28.6 Å². The minimum atomic E-state index is -0.766. The summed E-state index contributed by atoms with van der Waals surface area (Å²) in [5, 5.41) is 0. The van der Waals surface area contributed by atoms with Crippen molar-refractivity contribution in [1.29, 1.82) is 0 Å². The van der Waals surface area contributed by atoms with E-state index in [0.29, 0.717) is 19.3 Å². The molecular formula is C65H114O6. The lowest BCUT2D eigenvalue weighted by Gasteiger charge is -2.18. The van der Waals surface area contributed by atoms with Gasteiger partial charge in [0.15, 0.2) is 6.10 Å². The summed E-state index contributed by atoms with van der Waals surface area (Å²) >= 11 is 0. The standard InChI is InChI=1S/C65H114O6/c1-4-7-10-13-16-19-20-21-22-23-24-25-26-27-28-29-30-31-32-33-34-35-36-37-38-39-40-41-42-43-44-47-49-52-55-58-64(67)70-61-62(71-65(68)59-56-53-50-46-18-15-12-9-6-3)60-69-63(66)57-54-51-48-45-17-14-11-8-5-2/h7,10,16,19,21-22,24-25,27-28,30-31,62H,4-6,8-9,11-15,17-18,20,23,26,29,32-61H2,1-3H3/b10-7-,19-16-,22-21-,25-24-,28-27-,31-30-. The van der Waals surface area contributed by atoms with Gasteiger partial charge in [-0.05, 0) is 70.6 Å². The molecule has 0 aliphatic heterocycles. The molecule has 0 spiro atoms. The molecule has 0 saturated heterocycles. The molecule has 0 aromatic rings. The summed E-state index contributed by atoms with van der Waals surface area (Å²) in [5.41, 5.74) is 0. The molecule has 0 radical (unpaired) electrons. The van der Waals surface area contributed by atoms with Crippen molar-refractivity contribution in [2.45, 2.75) is 309 Å². The summed E-state index contributed by atoms with van der Waals surface area (Å²) in [6.07, 6.45) is 76.5. The zero-order valence-electron chi connectivity index (χ0n) is 47.0. The lowest BCUT2D eigenvalue weighted by Crippen LogP contribution is -2.30. The lowest BCUT2D eigenvalue weighted by atomic mass is 10.0. The molecule has 0 aromatic carbocycles. The summed E-state index contributed by atoms with van der Waals surface area (Å²) in [6.45, 7) is 6.50. The Hall–Kier alpha value is -3.15. The van der Waals surface area contributed by atoms with Crippen LogP contribution in [0.15, 0.2) is 72.9 Å². The Morgan fingerprint density at radius 1 is 0.296 bits per heavy atom. The van der Waals surface area contributed by atoms with Crippen LogP contribution in [0.1, 0.15) is 303 Å². The van der Waals surface area contributed by atoms with Gasteiger partial charge in [0.2, 0.25) is 0 Å². The molecule has 0 aromatic heterocycles. The molecule has 0 heterocycles. The fourth-order valence-electron chi connectivity index (χ4n) is 8.68. The van der Waals surface area contributed by atoms with Crippen LogP contribution in [-0.4, -0.2) is 37.2 Å². The van der Waals surface area contributed by atoms with E-state index in [1.54, 1.807) is 0 Å². The number of unbranched alkanes of at least 4 members (excludes halogenated alkanes) is 32. The van der Waals surface area contributed by atoms with Gasteiger partial charge in [0.05, 0.1) is 0 Å². The highest BCUT2D eigenvalue weighted by Crippen LogP contribution is 2.17. The Morgan fingerprint density at radius 3 is 0.859 bits per heavy atom. The van der Waals surface area contributed by atoms with Crippen LogP contribution in [0.3, 0.4) is 0 Å². The highest BCUT2D eigenvalue weighted by molar-refractivity contribution is 5.71. The van der Waals surface area contributed by atoms with Crippen LogP contribution < -0.4 is 0 Å². The van der Waals surface area contributed by atoms with E-state index < -0.39 is 6.10 Å². The zero-order valence-corrected chi connectivity index (χ0v) is 47.0. The van der Waals surface area contributed by atoms with E-state index in [0.717, 1.165) is 96.3 Å². The van der Waals surface area contributed by atoms with Crippen LogP contribution in [0.25, 0.3) is 0 Å². The van der Waals surface area contributed by atoms with E-state index in [1.165, 1.54) is 167 Å². The van der Waals surface area contributed by atoms with E-state index in [9.17, 15) is 14.4 Å². The van der Waals surface area contributed by atoms with E-state index in [-0.39, 0.29) is 31.1 Å². The molecule has 0 aliphatic carbocycles. The quantitative estimate of drug-likeness (QED) is 0.0261. The molecule has 0 aliphatic rings. The number of esters is 3. The number of ether oxygens (including phenoxy) is 3. The summed E-state index contributed by atoms with van der Waals surface area (Å²) in [7, 11) is 0. The predicted octanol–water partition coefficient (Wildman–Crippen LogP) is 20.5. The smallest absolute Gasteiger partial charge is 0.306 e. The van der Waals surface area contributed by atoms with Crippen LogP contribution in [0.4, 0.5) is 0 Å². The highest BCUT2D eigenvalue weighted by atomic mass is 16.6. The molecule has 0 fully saturated rings. The molecule has 0 saturated carbocycles. The maximum absolute atomic E-state index is 12.7. The molecule has 1 unspecified atom stereocenters. The van der Waals surface area contributed by atoms with Crippen LogP contribution in [0.5, 0.6) is 0 Å².